The number of aliphatic hydroxyl groups excluding tert-OH is 1. The van der Waals surface area contributed by atoms with Crippen molar-refractivity contribution in [1.29, 1.82) is 0 Å². The Morgan fingerprint density at radius 1 is 1.48 bits per heavy atom. The first-order chi connectivity index (χ1) is 9.88. The molecule has 21 heavy (non-hydrogen) atoms. The van der Waals surface area contributed by atoms with Crippen molar-refractivity contribution in [2.75, 3.05) is 13.7 Å². The number of esters is 1. The monoisotopic (exact) mass is 379 g/mol. The van der Waals surface area contributed by atoms with Crippen molar-refractivity contribution in [2.45, 2.75) is 19.1 Å². The molecule has 0 aromatic heterocycles. The van der Waals surface area contributed by atoms with E-state index < -0.39 is 30.6 Å². The minimum atomic E-state index is -1.12. The zero-order valence-electron chi connectivity index (χ0n) is 11.4. The third-order valence-corrected chi connectivity index (χ3v) is 3.41. The van der Waals surface area contributed by atoms with E-state index >= 15 is 0 Å². The number of aliphatic hydroxyl groups is 1. The number of hydrogen-bond acceptors (Lipinski definition) is 5. The topological polar surface area (TPSA) is 84.9 Å². The highest BCUT2D eigenvalue weighted by Crippen LogP contribution is 2.28. The van der Waals surface area contributed by atoms with E-state index in [1.807, 2.05) is 0 Å². The molecule has 0 saturated carbocycles. The highest BCUT2D eigenvalue weighted by Gasteiger charge is 2.24. The summed E-state index contributed by atoms with van der Waals surface area (Å²) in [5, 5.41) is 11.9. The summed E-state index contributed by atoms with van der Waals surface area (Å²) in [6.07, 6.45) is -0.874. The van der Waals surface area contributed by atoms with Crippen LogP contribution >= 0.6 is 27.5 Å². The van der Waals surface area contributed by atoms with Gasteiger partial charge in [0.05, 0.1) is 18.2 Å². The van der Waals surface area contributed by atoms with Gasteiger partial charge in [0.2, 0.25) is 0 Å². The Labute approximate surface area is 135 Å². The average molecular weight is 381 g/mol. The lowest BCUT2D eigenvalue weighted by atomic mass is 10.2. The van der Waals surface area contributed by atoms with E-state index in [-0.39, 0.29) is 0 Å². The molecule has 0 radical (unpaired) electrons. The zero-order chi connectivity index (χ0) is 16.0. The van der Waals surface area contributed by atoms with Crippen LogP contribution in [0.5, 0.6) is 5.75 Å². The largest absolute Gasteiger partial charge is 0.480 e. The van der Waals surface area contributed by atoms with Crippen molar-refractivity contribution in [1.82, 2.24) is 5.32 Å². The molecule has 1 rings (SSSR count). The predicted molar refractivity (Wildman–Crippen MR) is 80.3 cm³/mol. The zero-order valence-corrected chi connectivity index (χ0v) is 13.8. The number of halogens is 2. The maximum absolute atomic E-state index is 11.9. The number of rotatable bonds is 6. The van der Waals surface area contributed by atoms with Gasteiger partial charge in [-0.2, -0.15) is 0 Å². The maximum atomic E-state index is 11.9. The summed E-state index contributed by atoms with van der Waals surface area (Å²) in [5.41, 5.74) is 0. The van der Waals surface area contributed by atoms with Crippen LogP contribution in [0, 0.1) is 0 Å². The second-order valence-electron chi connectivity index (χ2n) is 4.10. The fourth-order valence-corrected chi connectivity index (χ4v) is 2.20. The van der Waals surface area contributed by atoms with Crippen molar-refractivity contribution >= 4 is 39.4 Å². The fraction of sp³-hybridized carbons (Fsp3) is 0.385. The smallest absolute Gasteiger partial charge is 0.330 e. The van der Waals surface area contributed by atoms with Crippen LogP contribution in [0.4, 0.5) is 0 Å². The Balaban J connectivity index is 2.68. The molecule has 2 unspecified atom stereocenters. The van der Waals surface area contributed by atoms with E-state index in [0.29, 0.717) is 15.2 Å². The highest BCUT2D eigenvalue weighted by molar-refractivity contribution is 9.10. The van der Waals surface area contributed by atoms with E-state index in [0.717, 1.165) is 0 Å². The summed E-state index contributed by atoms with van der Waals surface area (Å²) in [4.78, 5) is 23.2. The maximum Gasteiger partial charge on any atom is 0.330 e. The Morgan fingerprint density at radius 3 is 2.67 bits per heavy atom. The molecule has 2 N–H and O–H groups in total. The number of amides is 1. The van der Waals surface area contributed by atoms with Crippen LogP contribution in [0.2, 0.25) is 5.02 Å². The summed E-state index contributed by atoms with van der Waals surface area (Å²) in [7, 11) is 1.17. The second-order valence-corrected chi connectivity index (χ2v) is 5.39. The van der Waals surface area contributed by atoms with Gasteiger partial charge in [-0.15, -0.1) is 0 Å². The number of ether oxygens (including phenoxy) is 2. The van der Waals surface area contributed by atoms with Gasteiger partial charge in [0.1, 0.15) is 5.75 Å². The van der Waals surface area contributed by atoms with Crippen molar-refractivity contribution in [3.05, 3.63) is 27.7 Å². The number of hydrogen-bond donors (Lipinski definition) is 2. The summed E-state index contributed by atoms with van der Waals surface area (Å²) < 4.78 is 10.5. The normalized spacial score (nSPS) is 13.2. The quantitative estimate of drug-likeness (QED) is 0.731. The van der Waals surface area contributed by atoms with Crippen LogP contribution in [-0.4, -0.2) is 42.8 Å². The average Bonchev–Trinajstić information content (AvgIpc) is 2.46. The molecule has 0 saturated heterocycles. The third-order valence-electron chi connectivity index (χ3n) is 2.55. The van der Waals surface area contributed by atoms with Gasteiger partial charge in [0.15, 0.2) is 12.1 Å². The minimum absolute atomic E-state index is 0.431. The standard InChI is InChI=1S/C13H15BrClNO5/c1-7(12(18)16-10(6-17)13(19)20-2)21-11-4-3-8(15)5-9(11)14/h3-5,7,10,17H,6H2,1-2H3,(H,16,18). The summed E-state index contributed by atoms with van der Waals surface area (Å²) in [5.74, 6) is -0.854. The Bertz CT molecular complexity index is 525. The molecule has 0 spiro atoms. The number of methoxy groups -OCH3 is 1. The molecule has 8 heteroatoms. The van der Waals surface area contributed by atoms with Gasteiger partial charge in [-0.1, -0.05) is 11.6 Å². The van der Waals surface area contributed by atoms with Gasteiger partial charge in [0, 0.05) is 5.02 Å². The van der Waals surface area contributed by atoms with Crippen LogP contribution in [0.3, 0.4) is 0 Å². The molecule has 116 valence electrons. The SMILES string of the molecule is COC(=O)C(CO)NC(=O)C(C)Oc1ccc(Cl)cc1Br. The molecule has 0 fully saturated rings. The Morgan fingerprint density at radius 2 is 2.14 bits per heavy atom. The first kappa shape index (κ1) is 17.7. The van der Waals surface area contributed by atoms with Crippen LogP contribution in [0.15, 0.2) is 22.7 Å². The molecular weight excluding hydrogens is 366 g/mol. The first-order valence-corrected chi connectivity index (χ1v) is 7.17. The van der Waals surface area contributed by atoms with Gasteiger partial charge in [-0.05, 0) is 41.1 Å². The van der Waals surface area contributed by atoms with Gasteiger partial charge >= 0.3 is 5.97 Å². The molecule has 0 heterocycles. The number of nitrogens with one attached hydrogen (secondary N) is 1. The van der Waals surface area contributed by atoms with Crippen molar-refractivity contribution in [3.63, 3.8) is 0 Å². The summed E-state index contributed by atoms with van der Waals surface area (Å²) >= 11 is 9.08. The highest BCUT2D eigenvalue weighted by atomic mass is 79.9. The molecule has 0 aliphatic rings. The van der Waals surface area contributed by atoms with Crippen molar-refractivity contribution < 1.29 is 24.2 Å². The van der Waals surface area contributed by atoms with Crippen molar-refractivity contribution in [2.24, 2.45) is 0 Å². The molecule has 6 nitrogen and oxygen atoms in total. The lowest BCUT2D eigenvalue weighted by molar-refractivity contribution is -0.147. The van der Waals surface area contributed by atoms with Crippen LogP contribution in [0.25, 0.3) is 0 Å². The molecule has 0 aliphatic carbocycles. The molecule has 1 amide bonds. The van der Waals surface area contributed by atoms with Gasteiger partial charge in [-0.3, -0.25) is 4.79 Å². The summed E-state index contributed by atoms with van der Waals surface area (Å²) in [6, 6.07) is 3.74. The van der Waals surface area contributed by atoms with Crippen LogP contribution in [-0.2, 0) is 14.3 Å². The molecule has 0 aliphatic heterocycles. The molecule has 1 aromatic rings. The van der Waals surface area contributed by atoms with Crippen LogP contribution in [0.1, 0.15) is 6.92 Å². The van der Waals surface area contributed by atoms with E-state index in [1.165, 1.54) is 14.0 Å². The Kier molecular flexibility index (Phi) is 6.94. The molecule has 2 atom stereocenters. The van der Waals surface area contributed by atoms with E-state index in [2.05, 4.69) is 26.0 Å². The number of carbonyl (C=O) groups is 2. The van der Waals surface area contributed by atoms with Crippen molar-refractivity contribution in [3.8, 4) is 5.75 Å². The lowest BCUT2D eigenvalue weighted by Gasteiger charge is -2.19. The molecular formula is C13H15BrClNO5. The van der Waals surface area contributed by atoms with E-state index in [4.69, 9.17) is 21.4 Å². The first-order valence-electron chi connectivity index (χ1n) is 5.99. The van der Waals surface area contributed by atoms with E-state index in [1.54, 1.807) is 18.2 Å². The molecule has 0 bridgehead atoms. The lowest BCUT2D eigenvalue weighted by Crippen LogP contribution is -2.48. The van der Waals surface area contributed by atoms with Crippen LogP contribution < -0.4 is 10.1 Å². The number of benzene rings is 1. The van der Waals surface area contributed by atoms with E-state index in [9.17, 15) is 9.59 Å². The van der Waals surface area contributed by atoms with Gasteiger partial charge in [0.25, 0.3) is 5.91 Å². The Hall–Kier alpha value is -1.31. The minimum Gasteiger partial charge on any atom is -0.480 e. The number of carbonyl (C=O) groups excluding carboxylic acids is 2. The van der Waals surface area contributed by atoms with Gasteiger partial charge < -0.3 is 19.9 Å². The second kappa shape index (κ2) is 8.21. The molecule has 1 aromatic carbocycles. The van der Waals surface area contributed by atoms with Gasteiger partial charge in [-0.25, -0.2) is 4.79 Å². The predicted octanol–water partition coefficient (Wildman–Crippen LogP) is 1.52. The fourth-order valence-electron chi connectivity index (χ4n) is 1.43. The summed E-state index contributed by atoms with van der Waals surface area (Å²) in [6.45, 7) is 0.956. The third kappa shape index (κ3) is 5.18.